The number of nitriles is 1. The van der Waals surface area contributed by atoms with E-state index in [4.69, 9.17) is 19.2 Å². The first-order chi connectivity index (χ1) is 21.2. The molecule has 0 saturated carbocycles. The van der Waals surface area contributed by atoms with E-state index in [-0.39, 0.29) is 0 Å². The molecular weight excluding hydrogens is 544 g/mol. The van der Waals surface area contributed by atoms with Gasteiger partial charge in [-0.15, -0.1) is 0 Å². The van der Waals surface area contributed by atoms with Crippen molar-refractivity contribution in [2.75, 3.05) is 77.6 Å². The van der Waals surface area contributed by atoms with Crippen molar-refractivity contribution in [3.8, 4) is 28.8 Å². The number of methoxy groups -OCH3 is 1. The summed E-state index contributed by atoms with van der Waals surface area (Å²) in [5.74, 6) is 3.63. The van der Waals surface area contributed by atoms with Crippen LogP contribution in [0.3, 0.4) is 0 Å². The predicted octanol–water partition coefficient (Wildman–Crippen LogP) is 2.95. The minimum Gasteiger partial charge on any atom is -0.491 e. The van der Waals surface area contributed by atoms with E-state index in [1.54, 1.807) is 17.8 Å². The van der Waals surface area contributed by atoms with E-state index in [2.05, 4.69) is 49.1 Å². The fourth-order valence-corrected chi connectivity index (χ4v) is 6.49. The highest BCUT2D eigenvalue weighted by Gasteiger charge is 2.36. The van der Waals surface area contributed by atoms with Crippen LogP contribution in [0.2, 0.25) is 0 Å². The Balaban J connectivity index is 1.01. The van der Waals surface area contributed by atoms with E-state index in [0.717, 1.165) is 93.8 Å². The van der Waals surface area contributed by atoms with E-state index >= 15 is 0 Å². The van der Waals surface area contributed by atoms with Crippen molar-refractivity contribution < 1.29 is 14.2 Å². The van der Waals surface area contributed by atoms with Gasteiger partial charge in [-0.25, -0.2) is 14.5 Å². The molecule has 3 saturated heterocycles. The van der Waals surface area contributed by atoms with Crippen LogP contribution < -0.4 is 14.4 Å². The molecule has 0 radical (unpaired) electrons. The molecule has 4 aromatic rings. The highest BCUT2D eigenvalue weighted by Crippen LogP contribution is 2.32. The fourth-order valence-electron chi connectivity index (χ4n) is 6.49. The zero-order valence-electron chi connectivity index (χ0n) is 24.4. The molecule has 0 spiro atoms. The van der Waals surface area contributed by atoms with Crippen molar-refractivity contribution in [1.82, 2.24) is 29.4 Å². The number of hydrogen-bond donors (Lipinski definition) is 0. The van der Waals surface area contributed by atoms with Crippen LogP contribution in [0.5, 0.6) is 11.6 Å². The number of ether oxygens (including phenoxy) is 3. The molecule has 0 amide bonds. The van der Waals surface area contributed by atoms with Gasteiger partial charge in [0.1, 0.15) is 24.2 Å². The zero-order chi connectivity index (χ0) is 29.2. The van der Waals surface area contributed by atoms with Crippen LogP contribution in [0.25, 0.3) is 16.6 Å². The molecule has 43 heavy (non-hydrogen) atoms. The van der Waals surface area contributed by atoms with E-state index in [9.17, 15) is 5.26 Å². The van der Waals surface area contributed by atoms with Crippen molar-refractivity contribution in [3.63, 3.8) is 0 Å². The van der Waals surface area contributed by atoms with Crippen LogP contribution in [-0.2, 0) is 11.3 Å². The summed E-state index contributed by atoms with van der Waals surface area (Å²) < 4.78 is 18.7. The molecule has 3 aliphatic rings. The van der Waals surface area contributed by atoms with Gasteiger partial charge in [0.15, 0.2) is 0 Å². The maximum absolute atomic E-state index is 9.76. The van der Waals surface area contributed by atoms with Gasteiger partial charge in [0.2, 0.25) is 5.88 Å². The molecule has 2 atom stereocenters. The summed E-state index contributed by atoms with van der Waals surface area (Å²) in [6, 6.07) is 12.4. The molecule has 0 N–H and O–H groups in total. The smallest absolute Gasteiger partial charge is 0.212 e. The van der Waals surface area contributed by atoms with Gasteiger partial charge in [0.25, 0.3) is 0 Å². The fraction of sp³-hybridized carbons (Fsp3) is 0.438. The molecule has 3 fully saturated rings. The van der Waals surface area contributed by atoms with E-state index in [0.29, 0.717) is 29.9 Å². The minimum atomic E-state index is 0.527. The summed E-state index contributed by atoms with van der Waals surface area (Å²) in [4.78, 5) is 16.4. The average Bonchev–Trinajstić information content (AvgIpc) is 3.77. The lowest BCUT2D eigenvalue weighted by Gasteiger charge is -2.35. The third-order valence-electron chi connectivity index (χ3n) is 8.87. The highest BCUT2D eigenvalue weighted by molar-refractivity contribution is 5.85. The van der Waals surface area contributed by atoms with Gasteiger partial charge >= 0.3 is 0 Å². The van der Waals surface area contributed by atoms with Gasteiger partial charge < -0.3 is 19.1 Å². The summed E-state index contributed by atoms with van der Waals surface area (Å²) >= 11 is 0. The number of piperazine rings is 1. The Morgan fingerprint density at radius 3 is 2.51 bits per heavy atom. The first-order valence-corrected chi connectivity index (χ1v) is 14.9. The van der Waals surface area contributed by atoms with Crippen molar-refractivity contribution in [1.29, 1.82) is 5.26 Å². The third kappa shape index (κ3) is 5.86. The van der Waals surface area contributed by atoms with E-state index in [1.165, 1.54) is 5.56 Å². The second-order valence-corrected chi connectivity index (χ2v) is 11.6. The van der Waals surface area contributed by atoms with Crippen LogP contribution in [0.4, 0.5) is 5.82 Å². The first kappa shape index (κ1) is 27.6. The van der Waals surface area contributed by atoms with Crippen molar-refractivity contribution in [2.45, 2.75) is 6.54 Å². The van der Waals surface area contributed by atoms with Crippen LogP contribution in [0.1, 0.15) is 11.1 Å². The summed E-state index contributed by atoms with van der Waals surface area (Å²) in [5, 5.41) is 14.2. The Labute approximate surface area is 251 Å². The Kier molecular flexibility index (Phi) is 7.80. The van der Waals surface area contributed by atoms with Crippen LogP contribution in [-0.4, -0.2) is 102 Å². The first-order valence-electron chi connectivity index (χ1n) is 14.9. The number of anilines is 1. The molecule has 0 aliphatic carbocycles. The molecule has 222 valence electrons. The molecule has 3 aliphatic heterocycles. The second-order valence-electron chi connectivity index (χ2n) is 11.6. The molecule has 7 heterocycles. The summed E-state index contributed by atoms with van der Waals surface area (Å²) in [6.07, 6.45) is 7.24. The molecular formula is C32H36N8O3. The maximum Gasteiger partial charge on any atom is 0.212 e. The zero-order valence-corrected chi connectivity index (χ0v) is 24.4. The number of rotatable bonds is 9. The number of aromatic nitrogens is 4. The number of hydrogen-bond acceptors (Lipinski definition) is 10. The molecule has 7 rings (SSSR count). The molecule has 11 nitrogen and oxygen atoms in total. The minimum absolute atomic E-state index is 0.527. The number of likely N-dealkylation sites (tertiary alicyclic amines) is 1. The summed E-state index contributed by atoms with van der Waals surface area (Å²) in [7, 11) is 1.63. The van der Waals surface area contributed by atoms with Crippen LogP contribution in [0.15, 0.2) is 55.1 Å². The molecule has 11 heteroatoms. The monoisotopic (exact) mass is 580 g/mol. The van der Waals surface area contributed by atoms with Crippen molar-refractivity contribution in [3.05, 3.63) is 66.2 Å². The van der Waals surface area contributed by atoms with Crippen LogP contribution in [0, 0.1) is 23.2 Å². The van der Waals surface area contributed by atoms with Gasteiger partial charge in [-0.2, -0.15) is 10.4 Å². The Morgan fingerprint density at radius 1 is 0.977 bits per heavy atom. The van der Waals surface area contributed by atoms with Gasteiger partial charge in [0.05, 0.1) is 43.8 Å². The number of pyridine rings is 3. The lowest BCUT2D eigenvalue weighted by atomic mass is 10.0. The van der Waals surface area contributed by atoms with Crippen LogP contribution >= 0.6 is 0 Å². The quantitative estimate of drug-likeness (QED) is 0.294. The van der Waals surface area contributed by atoms with Crippen molar-refractivity contribution in [2.24, 2.45) is 11.8 Å². The molecule has 2 unspecified atom stereocenters. The molecule has 0 aromatic carbocycles. The predicted molar refractivity (Wildman–Crippen MR) is 161 cm³/mol. The van der Waals surface area contributed by atoms with E-state index in [1.807, 2.05) is 30.7 Å². The number of nitrogens with zero attached hydrogens (tertiary/aromatic N) is 8. The number of fused-ring (bicyclic) bond motifs is 2. The lowest BCUT2D eigenvalue weighted by Crippen LogP contribution is -2.46. The SMILES string of the molecule is COc1ccc(CN2CCN(c3ccc(-c4cc(OCCN5CC6COCC6C5)cn5ncc(C#N)c45)cn3)CC2)cn1. The summed E-state index contributed by atoms with van der Waals surface area (Å²) in [5.41, 5.74) is 4.28. The lowest BCUT2D eigenvalue weighted by molar-refractivity contribution is 0.147. The molecule has 4 aromatic heterocycles. The van der Waals surface area contributed by atoms with Gasteiger partial charge in [0, 0.05) is 93.8 Å². The van der Waals surface area contributed by atoms with Gasteiger partial charge in [-0.3, -0.25) is 9.80 Å². The topological polar surface area (TPSA) is 104 Å². The largest absolute Gasteiger partial charge is 0.491 e. The normalized spacial score (nSPS) is 20.8. The summed E-state index contributed by atoms with van der Waals surface area (Å²) in [6.45, 7) is 9.96. The van der Waals surface area contributed by atoms with E-state index < -0.39 is 0 Å². The standard InChI is InChI=1S/C32H36N8O3/c1-41-31-5-2-23(14-35-31)17-37-6-8-39(9-7-37)30-4-3-24(15-34-30)29-12-28(20-40-32(29)25(13-33)16-36-40)43-11-10-38-18-26-21-42-22-27(26)19-38/h2-5,12,14-16,20,26-27H,6-11,17-19,21-22H2,1H3. The van der Waals surface area contributed by atoms with Crippen molar-refractivity contribution >= 4 is 11.3 Å². The average molecular weight is 581 g/mol. The Hall–Kier alpha value is -4.24. The van der Waals surface area contributed by atoms with Gasteiger partial charge in [-0.05, 0) is 23.8 Å². The third-order valence-corrected chi connectivity index (χ3v) is 8.87. The highest BCUT2D eigenvalue weighted by atomic mass is 16.5. The molecule has 0 bridgehead atoms. The Morgan fingerprint density at radius 2 is 1.81 bits per heavy atom. The second kappa shape index (κ2) is 12.2. The van der Waals surface area contributed by atoms with Gasteiger partial charge in [-0.1, -0.05) is 6.07 Å². The maximum atomic E-state index is 9.76. The Bertz CT molecular complexity index is 1580.